The molecule has 0 aliphatic heterocycles. The minimum atomic E-state index is 0.0120. The maximum absolute atomic E-state index is 12.0. The Kier molecular flexibility index (Phi) is 6.09. The van der Waals surface area contributed by atoms with Crippen molar-refractivity contribution >= 4 is 29.0 Å². The van der Waals surface area contributed by atoms with Crippen LogP contribution in [0.2, 0.25) is 10.0 Å². The van der Waals surface area contributed by atoms with Crippen LogP contribution in [0.1, 0.15) is 10.4 Å². The Morgan fingerprint density at radius 1 is 1.17 bits per heavy atom. The van der Waals surface area contributed by atoms with E-state index >= 15 is 0 Å². The predicted molar refractivity (Wildman–Crippen MR) is 76.8 cm³/mol. The number of nitrogens with zero attached hydrogens (tertiary/aromatic N) is 2. The van der Waals surface area contributed by atoms with Crippen LogP contribution in [-0.2, 0) is 0 Å². The molecule has 0 saturated heterocycles. The molecule has 18 heavy (non-hydrogen) atoms. The lowest BCUT2D eigenvalue weighted by molar-refractivity contribution is 0.0943. The number of hydrogen-bond acceptors (Lipinski definition) is 3. The summed E-state index contributed by atoms with van der Waals surface area (Å²) in [6.07, 6.45) is 0. The van der Waals surface area contributed by atoms with Crippen molar-refractivity contribution in [3.05, 3.63) is 33.8 Å². The van der Waals surface area contributed by atoms with E-state index < -0.39 is 0 Å². The molecule has 1 rings (SSSR count). The number of carbonyl (C=O) groups excluding carboxylic acids is 1. The summed E-state index contributed by atoms with van der Waals surface area (Å²) in [4.78, 5) is 16.1. The molecule has 0 aromatic heterocycles. The van der Waals surface area contributed by atoms with Crippen LogP contribution in [0.25, 0.3) is 0 Å². The monoisotopic (exact) mass is 288 g/mol. The first-order chi connectivity index (χ1) is 8.40. The molecule has 0 heterocycles. The van der Waals surface area contributed by atoms with Gasteiger partial charge in [-0.25, -0.2) is 0 Å². The van der Waals surface area contributed by atoms with Crippen LogP contribution in [0.4, 0.5) is 0 Å². The maximum atomic E-state index is 12.0. The molecule has 0 radical (unpaired) electrons. The molecule has 0 saturated carbocycles. The van der Waals surface area contributed by atoms with Crippen LogP contribution in [-0.4, -0.2) is 56.4 Å². The lowest BCUT2D eigenvalue weighted by atomic mass is 10.1. The van der Waals surface area contributed by atoms with Gasteiger partial charge >= 0.3 is 0 Å². The van der Waals surface area contributed by atoms with Gasteiger partial charge in [0.15, 0.2) is 5.78 Å². The van der Waals surface area contributed by atoms with Crippen molar-refractivity contribution < 1.29 is 4.79 Å². The number of ketones is 1. The Bertz CT molecular complexity index is 421. The summed E-state index contributed by atoms with van der Waals surface area (Å²) in [5.41, 5.74) is 0.526. The largest absolute Gasteiger partial charge is 0.308 e. The molecule has 0 aliphatic rings. The topological polar surface area (TPSA) is 23.6 Å². The molecule has 0 bridgehead atoms. The van der Waals surface area contributed by atoms with Gasteiger partial charge < -0.3 is 4.90 Å². The van der Waals surface area contributed by atoms with Crippen LogP contribution < -0.4 is 0 Å². The SMILES string of the molecule is CN(C)CCN(C)CC(=O)c1ccc(Cl)cc1Cl. The number of hydrogen-bond donors (Lipinski definition) is 0. The summed E-state index contributed by atoms with van der Waals surface area (Å²) in [6.45, 7) is 2.11. The van der Waals surface area contributed by atoms with Crippen molar-refractivity contribution in [2.24, 2.45) is 0 Å². The predicted octanol–water partition coefficient (Wildman–Crippen LogP) is 2.67. The third-order valence-corrected chi connectivity index (χ3v) is 3.12. The number of rotatable bonds is 6. The first-order valence-corrected chi connectivity index (χ1v) is 6.47. The Hall–Kier alpha value is -0.610. The standard InChI is InChI=1S/C13H18Cl2N2O/c1-16(2)6-7-17(3)9-13(18)11-5-4-10(14)8-12(11)15/h4-5,8H,6-7,9H2,1-3H3. The Morgan fingerprint density at radius 3 is 2.39 bits per heavy atom. The molecule has 0 N–H and O–H groups in total. The first kappa shape index (κ1) is 15.4. The van der Waals surface area contributed by atoms with E-state index in [1.54, 1.807) is 18.2 Å². The third-order valence-electron chi connectivity index (χ3n) is 2.57. The number of carbonyl (C=O) groups is 1. The van der Waals surface area contributed by atoms with Gasteiger partial charge in [-0.2, -0.15) is 0 Å². The lowest BCUT2D eigenvalue weighted by Crippen LogP contribution is -2.32. The van der Waals surface area contributed by atoms with Gasteiger partial charge in [-0.1, -0.05) is 23.2 Å². The molecule has 1 aromatic rings. The Morgan fingerprint density at radius 2 is 1.83 bits per heavy atom. The van der Waals surface area contributed by atoms with Gasteiger partial charge in [-0.15, -0.1) is 0 Å². The highest BCUT2D eigenvalue weighted by Gasteiger charge is 2.13. The second-order valence-electron chi connectivity index (χ2n) is 4.59. The highest BCUT2D eigenvalue weighted by Crippen LogP contribution is 2.21. The number of likely N-dealkylation sites (N-methyl/N-ethyl adjacent to an activating group) is 2. The smallest absolute Gasteiger partial charge is 0.178 e. The molecular formula is C13H18Cl2N2O. The van der Waals surface area contributed by atoms with Crippen LogP contribution >= 0.6 is 23.2 Å². The molecule has 0 atom stereocenters. The average Bonchev–Trinajstić information content (AvgIpc) is 2.26. The second kappa shape index (κ2) is 7.10. The average molecular weight is 289 g/mol. The van der Waals surface area contributed by atoms with E-state index in [9.17, 15) is 4.79 Å². The van der Waals surface area contributed by atoms with E-state index in [0.717, 1.165) is 13.1 Å². The summed E-state index contributed by atoms with van der Waals surface area (Å²) < 4.78 is 0. The molecule has 5 heteroatoms. The molecule has 1 aromatic carbocycles. The maximum Gasteiger partial charge on any atom is 0.178 e. The summed E-state index contributed by atoms with van der Waals surface area (Å²) in [5.74, 6) is 0.0120. The van der Waals surface area contributed by atoms with Gasteiger partial charge in [-0.05, 0) is 39.3 Å². The summed E-state index contributed by atoms with van der Waals surface area (Å²) in [7, 11) is 5.93. The third kappa shape index (κ3) is 4.94. The minimum absolute atomic E-state index is 0.0120. The zero-order chi connectivity index (χ0) is 13.7. The molecule has 100 valence electrons. The van der Waals surface area contributed by atoms with Crippen LogP contribution in [0, 0.1) is 0 Å². The number of benzene rings is 1. The number of Topliss-reactive ketones (excluding diaryl/α,β-unsaturated/α-hetero) is 1. The Labute approximate surface area is 118 Å². The summed E-state index contributed by atoms with van der Waals surface area (Å²) in [5, 5.41) is 0.950. The van der Waals surface area contributed by atoms with Crippen molar-refractivity contribution in [3.63, 3.8) is 0 Å². The van der Waals surface area contributed by atoms with E-state index in [0.29, 0.717) is 22.2 Å². The van der Waals surface area contributed by atoms with E-state index in [1.807, 2.05) is 26.0 Å². The minimum Gasteiger partial charge on any atom is -0.308 e. The van der Waals surface area contributed by atoms with Gasteiger partial charge in [0.25, 0.3) is 0 Å². The lowest BCUT2D eigenvalue weighted by Gasteiger charge is -2.18. The van der Waals surface area contributed by atoms with Gasteiger partial charge in [-0.3, -0.25) is 9.69 Å². The molecule has 0 spiro atoms. The van der Waals surface area contributed by atoms with E-state index in [1.165, 1.54) is 0 Å². The van der Waals surface area contributed by atoms with E-state index in [4.69, 9.17) is 23.2 Å². The molecule has 3 nitrogen and oxygen atoms in total. The molecule has 0 unspecified atom stereocenters. The van der Waals surface area contributed by atoms with Crippen molar-refractivity contribution in [1.29, 1.82) is 0 Å². The van der Waals surface area contributed by atoms with Gasteiger partial charge in [0.1, 0.15) is 0 Å². The van der Waals surface area contributed by atoms with Crippen molar-refractivity contribution in [1.82, 2.24) is 9.80 Å². The fourth-order valence-electron chi connectivity index (χ4n) is 1.50. The van der Waals surface area contributed by atoms with Crippen molar-refractivity contribution in [3.8, 4) is 0 Å². The zero-order valence-corrected chi connectivity index (χ0v) is 12.4. The highest BCUT2D eigenvalue weighted by molar-refractivity contribution is 6.36. The fraction of sp³-hybridized carbons (Fsp3) is 0.462. The molecule has 0 amide bonds. The summed E-state index contributed by atoms with van der Waals surface area (Å²) >= 11 is 11.8. The molecular weight excluding hydrogens is 271 g/mol. The summed E-state index contributed by atoms with van der Waals surface area (Å²) in [6, 6.07) is 4.95. The Balaban J connectivity index is 2.59. The van der Waals surface area contributed by atoms with Crippen molar-refractivity contribution in [2.75, 3.05) is 40.8 Å². The van der Waals surface area contributed by atoms with Crippen molar-refractivity contribution in [2.45, 2.75) is 0 Å². The molecule has 0 fully saturated rings. The van der Waals surface area contributed by atoms with Crippen LogP contribution in [0.15, 0.2) is 18.2 Å². The van der Waals surface area contributed by atoms with E-state index in [-0.39, 0.29) is 5.78 Å². The van der Waals surface area contributed by atoms with Gasteiger partial charge in [0, 0.05) is 23.7 Å². The van der Waals surface area contributed by atoms with Gasteiger partial charge in [0.2, 0.25) is 0 Å². The molecule has 0 aliphatic carbocycles. The fourth-order valence-corrected chi connectivity index (χ4v) is 2.01. The normalized spacial score (nSPS) is 11.3. The zero-order valence-electron chi connectivity index (χ0n) is 10.9. The quantitative estimate of drug-likeness (QED) is 0.752. The second-order valence-corrected chi connectivity index (χ2v) is 5.43. The first-order valence-electron chi connectivity index (χ1n) is 5.71. The number of halogens is 2. The van der Waals surface area contributed by atoms with Crippen LogP contribution in [0.5, 0.6) is 0 Å². The van der Waals surface area contributed by atoms with Gasteiger partial charge in [0.05, 0.1) is 11.6 Å². The van der Waals surface area contributed by atoms with Crippen LogP contribution in [0.3, 0.4) is 0 Å². The van der Waals surface area contributed by atoms with E-state index in [2.05, 4.69) is 4.90 Å². The highest BCUT2D eigenvalue weighted by atomic mass is 35.5.